The molecule has 1 aromatic carbocycles. The third-order valence-corrected chi connectivity index (χ3v) is 4.09. The van der Waals surface area contributed by atoms with E-state index in [2.05, 4.69) is 0 Å². The van der Waals surface area contributed by atoms with Gasteiger partial charge in [-0.05, 0) is 61.1 Å². The van der Waals surface area contributed by atoms with Gasteiger partial charge >= 0.3 is 0 Å². The lowest BCUT2D eigenvalue weighted by molar-refractivity contribution is 0.480. The van der Waals surface area contributed by atoms with Crippen molar-refractivity contribution in [2.75, 3.05) is 0 Å². The van der Waals surface area contributed by atoms with E-state index in [0.717, 1.165) is 17.8 Å². The van der Waals surface area contributed by atoms with Crippen molar-refractivity contribution in [1.29, 1.82) is 0 Å². The Bertz CT molecular complexity index is 308. The van der Waals surface area contributed by atoms with Gasteiger partial charge in [0.2, 0.25) is 0 Å². The monoisotopic (exact) mass is 190 g/mol. The molecule has 0 aliphatic heterocycles. The van der Waals surface area contributed by atoms with Gasteiger partial charge in [0.15, 0.2) is 0 Å². The van der Waals surface area contributed by atoms with E-state index in [9.17, 15) is 4.39 Å². The van der Waals surface area contributed by atoms with Crippen LogP contribution in [-0.4, -0.2) is 0 Å². The van der Waals surface area contributed by atoms with Crippen molar-refractivity contribution in [3.63, 3.8) is 0 Å². The van der Waals surface area contributed by atoms with Gasteiger partial charge in [-0.3, -0.25) is 0 Å². The second-order valence-electron chi connectivity index (χ2n) is 4.75. The van der Waals surface area contributed by atoms with Crippen LogP contribution in [0.25, 0.3) is 0 Å². The van der Waals surface area contributed by atoms with Crippen molar-refractivity contribution in [2.24, 2.45) is 11.8 Å². The summed E-state index contributed by atoms with van der Waals surface area (Å²) in [6, 6.07) is 7.17. The number of hydrogen-bond acceptors (Lipinski definition) is 0. The van der Waals surface area contributed by atoms with Gasteiger partial charge in [-0.2, -0.15) is 0 Å². The largest absolute Gasteiger partial charge is 0.207 e. The van der Waals surface area contributed by atoms with Crippen LogP contribution in [0.15, 0.2) is 24.3 Å². The molecule has 1 aromatic rings. The normalized spacial score (nSPS) is 35.1. The van der Waals surface area contributed by atoms with Crippen LogP contribution in [0.2, 0.25) is 0 Å². The highest BCUT2D eigenvalue weighted by molar-refractivity contribution is 5.24. The third-order valence-electron chi connectivity index (χ3n) is 4.09. The Morgan fingerprint density at radius 1 is 0.857 bits per heavy atom. The fourth-order valence-corrected chi connectivity index (χ4v) is 3.48. The summed E-state index contributed by atoms with van der Waals surface area (Å²) in [7, 11) is 0. The van der Waals surface area contributed by atoms with Crippen LogP contribution in [0.4, 0.5) is 4.39 Å². The molecular formula is C13H15F. The molecule has 0 radical (unpaired) electrons. The van der Waals surface area contributed by atoms with Crippen LogP contribution < -0.4 is 0 Å². The van der Waals surface area contributed by atoms with Gasteiger partial charge in [0, 0.05) is 0 Å². The molecule has 14 heavy (non-hydrogen) atoms. The highest BCUT2D eigenvalue weighted by atomic mass is 19.1. The molecular weight excluding hydrogens is 175 g/mol. The third kappa shape index (κ3) is 1.18. The first kappa shape index (κ1) is 8.46. The Hall–Kier alpha value is -0.850. The lowest BCUT2D eigenvalue weighted by Crippen LogP contribution is -2.03. The highest BCUT2D eigenvalue weighted by Crippen LogP contribution is 2.54. The maximum absolute atomic E-state index is 12.8. The van der Waals surface area contributed by atoms with Crippen molar-refractivity contribution >= 4 is 0 Å². The van der Waals surface area contributed by atoms with E-state index in [4.69, 9.17) is 0 Å². The zero-order chi connectivity index (χ0) is 9.54. The van der Waals surface area contributed by atoms with Gasteiger partial charge in [-0.1, -0.05) is 12.1 Å². The van der Waals surface area contributed by atoms with Crippen LogP contribution in [-0.2, 0) is 0 Å². The average Bonchev–Trinajstić information content (AvgIpc) is 2.78. The smallest absolute Gasteiger partial charge is 0.123 e. The van der Waals surface area contributed by atoms with E-state index in [1.54, 1.807) is 12.1 Å². The molecule has 0 aromatic heterocycles. The van der Waals surface area contributed by atoms with Gasteiger partial charge in [0.05, 0.1) is 0 Å². The lowest BCUT2D eigenvalue weighted by Gasteiger charge is -2.15. The Balaban J connectivity index is 1.92. The summed E-state index contributed by atoms with van der Waals surface area (Å²) in [5.74, 6) is 2.42. The lowest BCUT2D eigenvalue weighted by atomic mass is 9.90. The predicted octanol–water partition coefficient (Wildman–Crippen LogP) is 3.73. The van der Waals surface area contributed by atoms with Crippen LogP contribution >= 0.6 is 0 Å². The quantitative estimate of drug-likeness (QED) is 0.633. The molecule has 2 aliphatic rings. The van der Waals surface area contributed by atoms with E-state index < -0.39 is 0 Å². The summed E-state index contributed by atoms with van der Waals surface area (Å²) < 4.78 is 12.8. The molecule has 0 nitrogen and oxygen atoms in total. The number of halogens is 1. The van der Waals surface area contributed by atoms with Crippen molar-refractivity contribution in [3.8, 4) is 0 Å². The van der Waals surface area contributed by atoms with Crippen LogP contribution in [0.3, 0.4) is 0 Å². The second-order valence-corrected chi connectivity index (χ2v) is 4.75. The second kappa shape index (κ2) is 3.08. The molecule has 0 atom stereocenters. The zero-order valence-electron chi connectivity index (χ0n) is 8.25. The summed E-state index contributed by atoms with van der Waals surface area (Å²) in [6.45, 7) is 0. The number of fused-ring (bicyclic) bond motifs is 2. The Morgan fingerprint density at radius 2 is 1.36 bits per heavy atom. The Kier molecular flexibility index (Phi) is 1.86. The van der Waals surface area contributed by atoms with Gasteiger partial charge < -0.3 is 0 Å². The SMILES string of the molecule is Fc1ccc(C2C3CCC2CC3)cc1. The molecule has 2 fully saturated rings. The van der Waals surface area contributed by atoms with Crippen molar-refractivity contribution < 1.29 is 4.39 Å². The fourth-order valence-electron chi connectivity index (χ4n) is 3.48. The summed E-state index contributed by atoms with van der Waals surface area (Å²) in [4.78, 5) is 0. The standard InChI is InChI=1S/C13H15F/c14-12-7-5-11(6-8-12)13-9-1-2-10(13)4-3-9/h5-10,13H,1-4H2. The molecule has 0 spiro atoms. The molecule has 2 saturated carbocycles. The van der Waals surface area contributed by atoms with Crippen LogP contribution in [0.5, 0.6) is 0 Å². The number of benzene rings is 1. The van der Waals surface area contributed by atoms with Gasteiger partial charge in [-0.25, -0.2) is 4.39 Å². The first-order valence-electron chi connectivity index (χ1n) is 5.60. The van der Waals surface area contributed by atoms with Crippen LogP contribution in [0.1, 0.15) is 37.2 Å². The minimum Gasteiger partial charge on any atom is -0.207 e. The molecule has 1 heteroatoms. The first-order valence-corrected chi connectivity index (χ1v) is 5.60. The van der Waals surface area contributed by atoms with Crippen LogP contribution in [0, 0.1) is 17.7 Å². The molecule has 2 bridgehead atoms. The summed E-state index contributed by atoms with van der Waals surface area (Å²) >= 11 is 0. The van der Waals surface area contributed by atoms with Gasteiger partial charge in [0.1, 0.15) is 5.82 Å². The molecule has 74 valence electrons. The summed E-state index contributed by atoms with van der Waals surface area (Å²) in [5.41, 5.74) is 1.37. The number of rotatable bonds is 1. The van der Waals surface area contributed by atoms with E-state index in [1.807, 2.05) is 12.1 Å². The van der Waals surface area contributed by atoms with Crippen molar-refractivity contribution in [3.05, 3.63) is 35.6 Å². The van der Waals surface area contributed by atoms with Gasteiger partial charge in [-0.15, -0.1) is 0 Å². The van der Waals surface area contributed by atoms with Crippen molar-refractivity contribution in [1.82, 2.24) is 0 Å². The molecule has 3 rings (SSSR count). The minimum atomic E-state index is -0.112. The fraction of sp³-hybridized carbons (Fsp3) is 0.538. The maximum atomic E-state index is 12.8. The zero-order valence-corrected chi connectivity index (χ0v) is 8.25. The molecule has 0 amide bonds. The van der Waals surface area contributed by atoms with E-state index >= 15 is 0 Å². The predicted molar refractivity (Wildman–Crippen MR) is 54.6 cm³/mol. The summed E-state index contributed by atoms with van der Waals surface area (Å²) in [6.07, 6.45) is 5.58. The average molecular weight is 190 g/mol. The van der Waals surface area contributed by atoms with Crippen molar-refractivity contribution in [2.45, 2.75) is 31.6 Å². The Labute approximate surface area is 84.1 Å². The molecule has 0 saturated heterocycles. The minimum absolute atomic E-state index is 0.112. The molecule has 0 N–H and O–H groups in total. The molecule has 0 unspecified atom stereocenters. The van der Waals surface area contributed by atoms with E-state index in [-0.39, 0.29) is 5.82 Å². The highest BCUT2D eigenvalue weighted by Gasteiger charge is 2.41. The topological polar surface area (TPSA) is 0 Å². The first-order chi connectivity index (χ1) is 6.84. The Morgan fingerprint density at radius 3 is 1.86 bits per heavy atom. The van der Waals surface area contributed by atoms with E-state index in [0.29, 0.717) is 0 Å². The van der Waals surface area contributed by atoms with E-state index in [1.165, 1.54) is 31.2 Å². The van der Waals surface area contributed by atoms with Gasteiger partial charge in [0.25, 0.3) is 0 Å². The summed E-state index contributed by atoms with van der Waals surface area (Å²) in [5, 5.41) is 0. The number of hydrogen-bond donors (Lipinski definition) is 0. The maximum Gasteiger partial charge on any atom is 0.123 e. The molecule has 0 heterocycles. The molecule has 2 aliphatic carbocycles.